The van der Waals surface area contributed by atoms with Crippen LogP contribution >= 0.6 is 0 Å². The molecule has 1 saturated heterocycles. The smallest absolute Gasteiger partial charge is 0.342 e. The maximum absolute atomic E-state index is 11.1. The quantitative estimate of drug-likeness (QED) is 0.485. The lowest BCUT2D eigenvalue weighted by Gasteiger charge is -2.23. The van der Waals surface area contributed by atoms with Gasteiger partial charge in [-0.15, -0.1) is 0 Å². The van der Waals surface area contributed by atoms with Crippen molar-refractivity contribution >= 4 is 5.97 Å². The van der Waals surface area contributed by atoms with E-state index in [-0.39, 0.29) is 12.2 Å². The first-order chi connectivity index (χ1) is 6.15. The first kappa shape index (κ1) is 8.72. The van der Waals surface area contributed by atoms with Gasteiger partial charge in [-0.1, -0.05) is 6.08 Å². The van der Waals surface area contributed by atoms with Crippen molar-refractivity contribution in [3.8, 4) is 0 Å². The van der Waals surface area contributed by atoms with Gasteiger partial charge in [-0.3, -0.25) is 0 Å². The molecule has 1 heterocycles. The standard InChI is InChI=1S/C9H12O4/c1-2-12-6-3-4-9(11)5-7(6)13-8(9)10/h3-4,6-7,11H,2,5H2,1H3/t6-,7-,9+/m1/s1. The summed E-state index contributed by atoms with van der Waals surface area (Å²) in [6, 6.07) is 0. The fraction of sp³-hybridized carbons (Fsp3) is 0.667. The number of hydrogen-bond donors (Lipinski definition) is 1. The minimum Gasteiger partial charge on any atom is -0.457 e. The molecule has 2 rings (SSSR count). The monoisotopic (exact) mass is 184 g/mol. The SMILES string of the molecule is CCO[C@@H]1C=C[C@]2(O)C[C@H]1OC2=O. The van der Waals surface area contributed by atoms with Gasteiger partial charge in [0.1, 0.15) is 12.2 Å². The van der Waals surface area contributed by atoms with Crippen LogP contribution in [-0.2, 0) is 14.3 Å². The third-order valence-corrected chi connectivity index (χ3v) is 2.41. The molecule has 0 saturated carbocycles. The van der Waals surface area contributed by atoms with Crippen LogP contribution in [-0.4, -0.2) is 35.5 Å². The van der Waals surface area contributed by atoms with E-state index in [4.69, 9.17) is 9.47 Å². The number of ether oxygens (including phenoxy) is 2. The molecular formula is C9H12O4. The largest absolute Gasteiger partial charge is 0.457 e. The van der Waals surface area contributed by atoms with Gasteiger partial charge in [-0.25, -0.2) is 4.79 Å². The molecule has 0 aromatic heterocycles. The van der Waals surface area contributed by atoms with Gasteiger partial charge in [0.25, 0.3) is 0 Å². The molecule has 2 aliphatic rings. The summed E-state index contributed by atoms with van der Waals surface area (Å²) in [5, 5.41) is 9.66. The second-order valence-electron chi connectivity index (χ2n) is 3.35. The van der Waals surface area contributed by atoms with Crippen LogP contribution < -0.4 is 0 Å². The van der Waals surface area contributed by atoms with Crippen LogP contribution in [0.15, 0.2) is 12.2 Å². The van der Waals surface area contributed by atoms with Crippen LogP contribution in [0.3, 0.4) is 0 Å². The summed E-state index contributed by atoms with van der Waals surface area (Å²) in [4.78, 5) is 11.1. The Bertz CT molecular complexity index is 260. The maximum atomic E-state index is 11.1. The van der Waals surface area contributed by atoms with E-state index in [0.29, 0.717) is 13.0 Å². The second-order valence-corrected chi connectivity index (χ2v) is 3.35. The Morgan fingerprint density at radius 2 is 2.62 bits per heavy atom. The number of esters is 1. The van der Waals surface area contributed by atoms with Gasteiger partial charge in [0.05, 0.1) is 0 Å². The summed E-state index contributed by atoms with van der Waals surface area (Å²) in [6.07, 6.45) is 2.97. The molecule has 0 aromatic carbocycles. The first-order valence-corrected chi connectivity index (χ1v) is 4.40. The molecule has 1 fully saturated rings. The molecule has 13 heavy (non-hydrogen) atoms. The zero-order valence-electron chi connectivity index (χ0n) is 7.40. The van der Waals surface area contributed by atoms with E-state index in [1.807, 2.05) is 6.92 Å². The molecule has 1 aliphatic carbocycles. The Morgan fingerprint density at radius 1 is 1.85 bits per heavy atom. The number of carbonyl (C=O) groups is 1. The maximum Gasteiger partial charge on any atom is 0.342 e. The zero-order chi connectivity index (χ0) is 9.47. The highest BCUT2D eigenvalue weighted by Crippen LogP contribution is 2.34. The molecule has 4 nitrogen and oxygen atoms in total. The molecule has 2 bridgehead atoms. The first-order valence-electron chi connectivity index (χ1n) is 4.40. The lowest BCUT2D eigenvalue weighted by molar-refractivity contribution is -0.153. The number of hydrogen-bond acceptors (Lipinski definition) is 4. The highest BCUT2D eigenvalue weighted by Gasteiger charge is 2.51. The van der Waals surface area contributed by atoms with Crippen molar-refractivity contribution in [3.05, 3.63) is 12.2 Å². The van der Waals surface area contributed by atoms with Crippen LogP contribution in [0.2, 0.25) is 0 Å². The molecule has 1 aliphatic heterocycles. The van der Waals surface area contributed by atoms with Crippen LogP contribution in [0, 0.1) is 0 Å². The van der Waals surface area contributed by atoms with Crippen molar-refractivity contribution in [2.45, 2.75) is 31.2 Å². The van der Waals surface area contributed by atoms with E-state index in [9.17, 15) is 9.90 Å². The van der Waals surface area contributed by atoms with E-state index in [0.717, 1.165) is 0 Å². The van der Waals surface area contributed by atoms with E-state index in [2.05, 4.69) is 0 Å². The van der Waals surface area contributed by atoms with E-state index in [1.54, 1.807) is 6.08 Å². The summed E-state index contributed by atoms with van der Waals surface area (Å²) < 4.78 is 10.3. The normalized spacial score (nSPS) is 42.2. The lowest BCUT2D eigenvalue weighted by atomic mass is 9.91. The van der Waals surface area contributed by atoms with Gasteiger partial charge in [0.2, 0.25) is 0 Å². The van der Waals surface area contributed by atoms with Crippen LogP contribution in [0.1, 0.15) is 13.3 Å². The van der Waals surface area contributed by atoms with Crippen molar-refractivity contribution in [3.63, 3.8) is 0 Å². The summed E-state index contributed by atoms with van der Waals surface area (Å²) in [5.41, 5.74) is -1.39. The third kappa shape index (κ3) is 1.26. The fourth-order valence-corrected chi connectivity index (χ4v) is 1.72. The van der Waals surface area contributed by atoms with Crippen LogP contribution in [0.25, 0.3) is 0 Å². The Kier molecular flexibility index (Phi) is 1.89. The topological polar surface area (TPSA) is 55.8 Å². The number of rotatable bonds is 2. The molecular weight excluding hydrogens is 172 g/mol. The van der Waals surface area contributed by atoms with Gasteiger partial charge < -0.3 is 14.6 Å². The van der Waals surface area contributed by atoms with Gasteiger partial charge in [0, 0.05) is 13.0 Å². The van der Waals surface area contributed by atoms with Crippen LogP contribution in [0.4, 0.5) is 0 Å². The van der Waals surface area contributed by atoms with E-state index < -0.39 is 11.6 Å². The number of fused-ring (bicyclic) bond motifs is 2. The lowest BCUT2D eigenvalue weighted by Crippen LogP contribution is -2.36. The highest BCUT2D eigenvalue weighted by molar-refractivity contribution is 5.84. The zero-order valence-corrected chi connectivity index (χ0v) is 7.40. The van der Waals surface area contributed by atoms with E-state index in [1.165, 1.54) is 6.08 Å². The van der Waals surface area contributed by atoms with Gasteiger partial charge >= 0.3 is 5.97 Å². The number of carbonyl (C=O) groups excluding carboxylic acids is 1. The predicted molar refractivity (Wildman–Crippen MR) is 44.0 cm³/mol. The molecule has 3 atom stereocenters. The van der Waals surface area contributed by atoms with E-state index >= 15 is 0 Å². The highest BCUT2D eigenvalue weighted by atomic mass is 16.6. The predicted octanol–water partition coefficient (Wildman–Crippen LogP) is 0.00790. The van der Waals surface area contributed by atoms with Gasteiger partial charge in [0.15, 0.2) is 5.60 Å². The van der Waals surface area contributed by atoms with Crippen molar-refractivity contribution in [1.29, 1.82) is 0 Å². The average Bonchev–Trinajstić information content (AvgIpc) is 2.32. The third-order valence-electron chi connectivity index (χ3n) is 2.41. The molecule has 1 N–H and O–H groups in total. The van der Waals surface area contributed by atoms with Gasteiger partial charge in [-0.05, 0) is 13.0 Å². The molecule has 0 radical (unpaired) electrons. The molecule has 0 spiro atoms. The van der Waals surface area contributed by atoms with Crippen LogP contribution in [0.5, 0.6) is 0 Å². The summed E-state index contributed by atoms with van der Waals surface area (Å²) in [7, 11) is 0. The molecule has 4 heteroatoms. The molecule has 0 aromatic rings. The van der Waals surface area contributed by atoms with Crippen molar-refractivity contribution in [2.24, 2.45) is 0 Å². The Hall–Kier alpha value is -0.870. The second kappa shape index (κ2) is 2.82. The Balaban J connectivity index is 2.18. The molecule has 72 valence electrons. The minimum atomic E-state index is -1.39. The van der Waals surface area contributed by atoms with Crippen molar-refractivity contribution < 1.29 is 19.4 Å². The average molecular weight is 184 g/mol. The fourth-order valence-electron chi connectivity index (χ4n) is 1.72. The summed E-state index contributed by atoms with van der Waals surface area (Å²) >= 11 is 0. The van der Waals surface area contributed by atoms with Crippen molar-refractivity contribution in [2.75, 3.05) is 6.61 Å². The summed E-state index contributed by atoms with van der Waals surface area (Å²) in [5.74, 6) is -0.559. The minimum absolute atomic E-state index is 0.197. The Labute approximate surface area is 76.1 Å². The summed E-state index contributed by atoms with van der Waals surface area (Å²) in [6.45, 7) is 2.45. The van der Waals surface area contributed by atoms with Crippen molar-refractivity contribution in [1.82, 2.24) is 0 Å². The molecule has 0 amide bonds. The van der Waals surface area contributed by atoms with Gasteiger partial charge in [-0.2, -0.15) is 0 Å². The molecule has 0 unspecified atom stereocenters. The Morgan fingerprint density at radius 3 is 3.31 bits per heavy atom. The number of aliphatic hydroxyl groups is 1.